The lowest BCUT2D eigenvalue weighted by Gasteiger charge is -2.22. The number of nitrogens with one attached hydrogen (secondary N) is 1. The van der Waals surface area contributed by atoms with Crippen molar-refractivity contribution in [3.63, 3.8) is 0 Å². The van der Waals surface area contributed by atoms with Gasteiger partial charge in [-0.25, -0.2) is 4.39 Å². The number of aliphatic hydroxyl groups is 1. The maximum Gasteiger partial charge on any atom is 0.123 e. The third kappa shape index (κ3) is 4.29. The molecule has 0 aliphatic rings. The molecule has 1 aromatic rings. The van der Waals surface area contributed by atoms with E-state index in [4.69, 9.17) is 5.11 Å². The Morgan fingerprint density at radius 2 is 1.88 bits per heavy atom. The van der Waals surface area contributed by atoms with Crippen LogP contribution in [0, 0.1) is 11.7 Å². The molecule has 2 nitrogen and oxygen atoms in total. The number of aliphatic hydroxyl groups excluding tert-OH is 1. The molecule has 0 aliphatic carbocycles. The second kappa shape index (κ2) is 6.61. The van der Waals surface area contributed by atoms with Crippen molar-refractivity contribution in [2.75, 3.05) is 13.2 Å². The number of rotatable bonds is 6. The summed E-state index contributed by atoms with van der Waals surface area (Å²) in [6.07, 6.45) is 0.859. The van der Waals surface area contributed by atoms with E-state index in [0.29, 0.717) is 18.5 Å². The molecular weight excluding hydrogens is 205 g/mol. The fourth-order valence-corrected chi connectivity index (χ4v) is 1.67. The first-order valence-corrected chi connectivity index (χ1v) is 5.72. The summed E-state index contributed by atoms with van der Waals surface area (Å²) in [5.41, 5.74) is 1.12. The summed E-state index contributed by atoms with van der Waals surface area (Å²) in [5, 5.41) is 12.1. The molecule has 2 N–H and O–H groups in total. The Labute approximate surface area is 96.5 Å². The highest BCUT2D eigenvalue weighted by molar-refractivity contribution is 5.17. The zero-order valence-corrected chi connectivity index (χ0v) is 9.91. The van der Waals surface area contributed by atoms with Gasteiger partial charge in [-0.15, -0.1) is 0 Å². The Hall–Kier alpha value is -0.930. The fraction of sp³-hybridized carbons (Fsp3) is 0.538. The first-order chi connectivity index (χ1) is 7.63. The molecule has 0 aromatic heterocycles. The number of halogens is 1. The van der Waals surface area contributed by atoms with Crippen LogP contribution in [-0.4, -0.2) is 24.3 Å². The van der Waals surface area contributed by atoms with Gasteiger partial charge in [0.15, 0.2) is 0 Å². The van der Waals surface area contributed by atoms with Crippen molar-refractivity contribution in [1.82, 2.24) is 5.32 Å². The zero-order chi connectivity index (χ0) is 12.0. The van der Waals surface area contributed by atoms with Gasteiger partial charge in [0.05, 0.1) is 6.61 Å². The predicted molar refractivity (Wildman–Crippen MR) is 63.8 cm³/mol. The summed E-state index contributed by atoms with van der Waals surface area (Å²) in [6, 6.07) is 6.91. The first kappa shape index (κ1) is 13.1. The highest BCUT2D eigenvalue weighted by Gasteiger charge is 2.12. The van der Waals surface area contributed by atoms with Gasteiger partial charge in [0.2, 0.25) is 0 Å². The van der Waals surface area contributed by atoms with Crippen molar-refractivity contribution < 1.29 is 9.50 Å². The summed E-state index contributed by atoms with van der Waals surface area (Å²) < 4.78 is 12.7. The molecule has 0 fully saturated rings. The summed E-state index contributed by atoms with van der Waals surface area (Å²) in [5.74, 6) is 0.282. The standard InChI is InChI=1S/C13H20FNO/c1-10(2)13(15-7-8-16)9-11-3-5-12(14)6-4-11/h3-6,10,13,15-16H,7-9H2,1-2H3. The second-order valence-electron chi connectivity index (χ2n) is 4.36. The molecule has 3 heteroatoms. The predicted octanol–water partition coefficient (Wildman–Crippen LogP) is 1.97. The molecule has 1 rings (SSSR count). The molecule has 0 spiro atoms. The van der Waals surface area contributed by atoms with E-state index in [1.807, 2.05) is 12.1 Å². The molecule has 16 heavy (non-hydrogen) atoms. The summed E-state index contributed by atoms with van der Waals surface area (Å²) >= 11 is 0. The molecule has 0 aliphatic heterocycles. The van der Waals surface area contributed by atoms with E-state index in [2.05, 4.69) is 19.2 Å². The van der Waals surface area contributed by atoms with Crippen molar-refractivity contribution >= 4 is 0 Å². The van der Waals surface area contributed by atoms with Crippen LogP contribution in [0.2, 0.25) is 0 Å². The van der Waals surface area contributed by atoms with Crippen LogP contribution in [0.15, 0.2) is 24.3 Å². The molecule has 90 valence electrons. The van der Waals surface area contributed by atoms with Crippen LogP contribution in [-0.2, 0) is 6.42 Å². The third-order valence-electron chi connectivity index (χ3n) is 2.69. The molecule has 0 radical (unpaired) electrons. The van der Waals surface area contributed by atoms with Crippen molar-refractivity contribution in [3.8, 4) is 0 Å². The van der Waals surface area contributed by atoms with Gasteiger partial charge in [-0.2, -0.15) is 0 Å². The number of hydrogen-bond donors (Lipinski definition) is 2. The quantitative estimate of drug-likeness (QED) is 0.776. The Balaban J connectivity index is 2.57. The van der Waals surface area contributed by atoms with Crippen LogP contribution >= 0.6 is 0 Å². The summed E-state index contributed by atoms with van der Waals surface area (Å²) in [4.78, 5) is 0. The molecule has 0 heterocycles. The van der Waals surface area contributed by atoms with E-state index < -0.39 is 0 Å². The zero-order valence-electron chi connectivity index (χ0n) is 9.91. The topological polar surface area (TPSA) is 32.3 Å². The highest BCUT2D eigenvalue weighted by atomic mass is 19.1. The van der Waals surface area contributed by atoms with Gasteiger partial charge in [-0.05, 0) is 30.0 Å². The summed E-state index contributed by atoms with van der Waals surface area (Å²) in [6.45, 7) is 5.02. The van der Waals surface area contributed by atoms with Crippen LogP contribution in [0.3, 0.4) is 0 Å². The van der Waals surface area contributed by atoms with Gasteiger partial charge in [0.25, 0.3) is 0 Å². The van der Waals surface area contributed by atoms with Crippen LogP contribution in [0.25, 0.3) is 0 Å². The minimum absolute atomic E-state index is 0.145. The first-order valence-electron chi connectivity index (χ1n) is 5.72. The lowest BCUT2D eigenvalue weighted by molar-refractivity contribution is 0.273. The van der Waals surface area contributed by atoms with Crippen molar-refractivity contribution in [1.29, 1.82) is 0 Å². The lowest BCUT2D eigenvalue weighted by Crippen LogP contribution is -2.37. The van der Waals surface area contributed by atoms with Gasteiger partial charge < -0.3 is 10.4 Å². The van der Waals surface area contributed by atoms with Crippen LogP contribution in [0.1, 0.15) is 19.4 Å². The summed E-state index contributed by atoms with van der Waals surface area (Å²) in [7, 11) is 0. The lowest BCUT2D eigenvalue weighted by atomic mass is 9.96. The Bertz CT molecular complexity index is 297. The molecule has 0 amide bonds. The van der Waals surface area contributed by atoms with Gasteiger partial charge in [-0.3, -0.25) is 0 Å². The van der Waals surface area contributed by atoms with E-state index in [1.165, 1.54) is 12.1 Å². The highest BCUT2D eigenvalue weighted by Crippen LogP contribution is 2.11. The molecular formula is C13H20FNO. The second-order valence-corrected chi connectivity index (χ2v) is 4.36. The van der Waals surface area contributed by atoms with Crippen LogP contribution < -0.4 is 5.32 Å². The Morgan fingerprint density at radius 3 is 2.38 bits per heavy atom. The van der Waals surface area contributed by atoms with Crippen LogP contribution in [0.5, 0.6) is 0 Å². The maximum absolute atomic E-state index is 12.7. The minimum atomic E-state index is -0.201. The molecule has 0 saturated heterocycles. The maximum atomic E-state index is 12.7. The monoisotopic (exact) mass is 225 g/mol. The van der Waals surface area contributed by atoms with Gasteiger partial charge in [-0.1, -0.05) is 26.0 Å². The Morgan fingerprint density at radius 1 is 1.25 bits per heavy atom. The van der Waals surface area contributed by atoms with Crippen molar-refractivity contribution in [2.45, 2.75) is 26.3 Å². The smallest absolute Gasteiger partial charge is 0.123 e. The van der Waals surface area contributed by atoms with Crippen LogP contribution in [0.4, 0.5) is 4.39 Å². The van der Waals surface area contributed by atoms with E-state index in [-0.39, 0.29) is 12.4 Å². The number of hydrogen-bond acceptors (Lipinski definition) is 2. The normalized spacial score (nSPS) is 13.1. The molecule has 1 unspecified atom stereocenters. The third-order valence-corrected chi connectivity index (χ3v) is 2.69. The van der Waals surface area contributed by atoms with E-state index in [9.17, 15) is 4.39 Å². The van der Waals surface area contributed by atoms with Crippen molar-refractivity contribution in [2.24, 2.45) is 5.92 Å². The minimum Gasteiger partial charge on any atom is -0.395 e. The van der Waals surface area contributed by atoms with Crippen molar-refractivity contribution in [3.05, 3.63) is 35.6 Å². The number of benzene rings is 1. The van der Waals surface area contributed by atoms with Gasteiger partial charge in [0.1, 0.15) is 5.82 Å². The van der Waals surface area contributed by atoms with E-state index in [0.717, 1.165) is 12.0 Å². The fourth-order valence-electron chi connectivity index (χ4n) is 1.67. The molecule has 0 bridgehead atoms. The molecule has 1 aromatic carbocycles. The van der Waals surface area contributed by atoms with E-state index in [1.54, 1.807) is 0 Å². The average molecular weight is 225 g/mol. The largest absolute Gasteiger partial charge is 0.395 e. The average Bonchev–Trinajstić information content (AvgIpc) is 2.26. The molecule has 1 atom stereocenters. The molecule has 0 saturated carbocycles. The SMILES string of the molecule is CC(C)C(Cc1ccc(F)cc1)NCCO. The Kier molecular flexibility index (Phi) is 5.43. The van der Waals surface area contributed by atoms with Gasteiger partial charge in [0, 0.05) is 12.6 Å². The van der Waals surface area contributed by atoms with Gasteiger partial charge >= 0.3 is 0 Å². The van der Waals surface area contributed by atoms with E-state index >= 15 is 0 Å².